The van der Waals surface area contributed by atoms with Crippen LogP contribution in [0.4, 0.5) is 10.2 Å². The van der Waals surface area contributed by atoms with Gasteiger partial charge in [-0.3, -0.25) is 4.98 Å². The normalized spacial score (nSPS) is 10.5. The molecule has 5 nitrogen and oxygen atoms in total. The minimum Gasteiger partial charge on any atom is -0.367 e. The molecule has 2 aromatic heterocycles. The zero-order valence-electron chi connectivity index (χ0n) is 11.4. The summed E-state index contributed by atoms with van der Waals surface area (Å²) >= 11 is 0. The number of anilines is 1. The third kappa shape index (κ3) is 4.24. The van der Waals surface area contributed by atoms with E-state index in [-0.39, 0.29) is 11.6 Å². The average Bonchev–Trinajstić information content (AvgIpc) is 2.48. The molecular weight excluding hydrogens is 257 g/mol. The summed E-state index contributed by atoms with van der Waals surface area (Å²) < 4.78 is 13.6. The van der Waals surface area contributed by atoms with Crippen LogP contribution in [0.1, 0.15) is 17.7 Å². The van der Waals surface area contributed by atoms with Gasteiger partial charge in [-0.05, 0) is 31.5 Å². The summed E-state index contributed by atoms with van der Waals surface area (Å²) in [6.07, 6.45) is 5.83. The van der Waals surface area contributed by atoms with Gasteiger partial charge in [0.25, 0.3) is 0 Å². The fourth-order valence-electron chi connectivity index (χ4n) is 1.74. The molecule has 0 atom stereocenters. The molecule has 0 amide bonds. The van der Waals surface area contributed by atoms with Crippen molar-refractivity contribution in [3.63, 3.8) is 0 Å². The van der Waals surface area contributed by atoms with Crippen molar-refractivity contribution in [1.82, 2.24) is 20.3 Å². The molecule has 2 N–H and O–H groups in total. The van der Waals surface area contributed by atoms with Crippen LogP contribution in [-0.2, 0) is 6.54 Å². The molecular formula is C14H18FN5. The molecule has 0 aromatic carbocycles. The van der Waals surface area contributed by atoms with Crippen LogP contribution >= 0.6 is 0 Å². The summed E-state index contributed by atoms with van der Waals surface area (Å²) in [6.45, 7) is 3.91. The van der Waals surface area contributed by atoms with E-state index in [1.54, 1.807) is 13.1 Å². The highest BCUT2D eigenvalue weighted by Crippen LogP contribution is 2.11. The van der Waals surface area contributed by atoms with Crippen LogP contribution in [0.25, 0.3) is 0 Å². The molecule has 0 bridgehead atoms. The standard InChI is InChI=1S/C14H18FN5/c1-11-13(15)14(20-10-19-11)18-7-3-6-17-9-12-4-2-5-16-8-12/h2,4-5,8,10,17H,3,6-7,9H2,1H3,(H,18,19,20). The Labute approximate surface area is 117 Å². The van der Waals surface area contributed by atoms with Crippen molar-refractivity contribution in [3.8, 4) is 0 Å². The molecule has 0 fully saturated rings. The van der Waals surface area contributed by atoms with Gasteiger partial charge in [-0.15, -0.1) is 0 Å². The minimum atomic E-state index is -0.379. The van der Waals surface area contributed by atoms with Crippen LogP contribution in [0.5, 0.6) is 0 Å². The zero-order valence-corrected chi connectivity index (χ0v) is 11.4. The predicted octanol–water partition coefficient (Wildman–Crippen LogP) is 1.91. The maximum atomic E-state index is 13.6. The highest BCUT2D eigenvalue weighted by atomic mass is 19.1. The number of pyridine rings is 1. The van der Waals surface area contributed by atoms with Gasteiger partial charge in [0.1, 0.15) is 6.33 Å². The van der Waals surface area contributed by atoms with Crippen LogP contribution in [0, 0.1) is 12.7 Å². The first-order valence-electron chi connectivity index (χ1n) is 6.58. The molecule has 0 saturated carbocycles. The van der Waals surface area contributed by atoms with Crippen LogP contribution < -0.4 is 10.6 Å². The quantitative estimate of drug-likeness (QED) is 0.756. The Morgan fingerprint density at radius 2 is 2.15 bits per heavy atom. The summed E-state index contributed by atoms with van der Waals surface area (Å²) in [5.74, 6) is -0.111. The molecule has 2 rings (SSSR count). The van der Waals surface area contributed by atoms with E-state index < -0.39 is 0 Å². The SMILES string of the molecule is Cc1ncnc(NCCCNCc2cccnc2)c1F. The topological polar surface area (TPSA) is 62.7 Å². The van der Waals surface area contributed by atoms with Crippen LogP contribution in [0.3, 0.4) is 0 Å². The highest BCUT2D eigenvalue weighted by Gasteiger charge is 2.05. The van der Waals surface area contributed by atoms with Gasteiger partial charge in [0.05, 0.1) is 5.69 Å². The summed E-state index contributed by atoms with van der Waals surface area (Å²) in [5.41, 5.74) is 1.51. The van der Waals surface area contributed by atoms with E-state index in [4.69, 9.17) is 0 Å². The lowest BCUT2D eigenvalue weighted by molar-refractivity contribution is 0.602. The molecule has 6 heteroatoms. The van der Waals surface area contributed by atoms with Crippen molar-refractivity contribution in [1.29, 1.82) is 0 Å². The predicted molar refractivity (Wildman–Crippen MR) is 75.8 cm³/mol. The molecule has 106 valence electrons. The van der Waals surface area contributed by atoms with E-state index in [0.29, 0.717) is 12.2 Å². The summed E-state index contributed by atoms with van der Waals surface area (Å²) in [6, 6.07) is 3.94. The van der Waals surface area contributed by atoms with E-state index >= 15 is 0 Å². The van der Waals surface area contributed by atoms with Crippen LogP contribution in [0.2, 0.25) is 0 Å². The Hall–Kier alpha value is -2.08. The first-order chi connectivity index (χ1) is 9.77. The molecule has 0 radical (unpaired) electrons. The number of halogens is 1. The highest BCUT2D eigenvalue weighted by molar-refractivity contribution is 5.36. The maximum absolute atomic E-state index is 13.6. The first-order valence-corrected chi connectivity index (χ1v) is 6.58. The van der Waals surface area contributed by atoms with Crippen LogP contribution in [0.15, 0.2) is 30.9 Å². The van der Waals surface area contributed by atoms with E-state index in [9.17, 15) is 4.39 Å². The first kappa shape index (κ1) is 14.3. The van der Waals surface area contributed by atoms with Crippen molar-refractivity contribution in [2.45, 2.75) is 19.9 Å². The number of rotatable bonds is 7. The molecule has 0 aliphatic heterocycles. The lowest BCUT2D eigenvalue weighted by atomic mass is 10.3. The fraction of sp³-hybridized carbons (Fsp3) is 0.357. The Bertz CT molecular complexity index is 532. The van der Waals surface area contributed by atoms with Gasteiger partial charge in [-0.2, -0.15) is 0 Å². The maximum Gasteiger partial charge on any atom is 0.186 e. The number of aryl methyl sites for hydroxylation is 1. The van der Waals surface area contributed by atoms with Crippen molar-refractivity contribution in [2.75, 3.05) is 18.4 Å². The third-order valence-corrected chi connectivity index (χ3v) is 2.84. The van der Waals surface area contributed by atoms with Gasteiger partial charge in [0.15, 0.2) is 11.6 Å². The number of nitrogens with zero attached hydrogens (tertiary/aromatic N) is 3. The number of hydrogen-bond donors (Lipinski definition) is 2. The van der Waals surface area contributed by atoms with Gasteiger partial charge in [-0.1, -0.05) is 6.07 Å². The van der Waals surface area contributed by atoms with Gasteiger partial charge in [-0.25, -0.2) is 14.4 Å². The molecule has 2 aromatic rings. The van der Waals surface area contributed by atoms with E-state index in [0.717, 1.165) is 25.1 Å². The largest absolute Gasteiger partial charge is 0.367 e. The Balaban J connectivity index is 1.63. The Morgan fingerprint density at radius 1 is 1.25 bits per heavy atom. The number of hydrogen-bond acceptors (Lipinski definition) is 5. The lowest BCUT2D eigenvalue weighted by Gasteiger charge is -2.08. The summed E-state index contributed by atoms with van der Waals surface area (Å²) in [4.78, 5) is 11.7. The monoisotopic (exact) mass is 275 g/mol. The van der Waals surface area contributed by atoms with Crippen LogP contribution in [-0.4, -0.2) is 28.0 Å². The third-order valence-electron chi connectivity index (χ3n) is 2.84. The van der Waals surface area contributed by atoms with E-state index in [2.05, 4.69) is 25.6 Å². The Kier molecular flexibility index (Phi) is 5.37. The summed E-state index contributed by atoms with van der Waals surface area (Å²) in [7, 11) is 0. The second-order valence-corrected chi connectivity index (χ2v) is 4.44. The minimum absolute atomic E-state index is 0.268. The second kappa shape index (κ2) is 7.49. The van der Waals surface area contributed by atoms with Gasteiger partial charge in [0, 0.05) is 25.5 Å². The zero-order chi connectivity index (χ0) is 14.2. The molecule has 2 heterocycles. The number of aromatic nitrogens is 3. The van der Waals surface area contributed by atoms with E-state index in [1.807, 2.05) is 18.3 Å². The van der Waals surface area contributed by atoms with Gasteiger partial charge in [0.2, 0.25) is 0 Å². The average molecular weight is 275 g/mol. The molecule has 0 unspecified atom stereocenters. The van der Waals surface area contributed by atoms with Crippen molar-refractivity contribution in [2.24, 2.45) is 0 Å². The lowest BCUT2D eigenvalue weighted by Crippen LogP contribution is -2.18. The van der Waals surface area contributed by atoms with Crippen molar-refractivity contribution < 1.29 is 4.39 Å². The number of nitrogens with one attached hydrogen (secondary N) is 2. The smallest absolute Gasteiger partial charge is 0.186 e. The molecule has 0 saturated heterocycles. The Morgan fingerprint density at radius 3 is 2.95 bits per heavy atom. The van der Waals surface area contributed by atoms with Gasteiger partial charge >= 0.3 is 0 Å². The van der Waals surface area contributed by atoms with Gasteiger partial charge < -0.3 is 10.6 Å². The second-order valence-electron chi connectivity index (χ2n) is 4.44. The molecule has 0 aliphatic carbocycles. The molecule has 20 heavy (non-hydrogen) atoms. The van der Waals surface area contributed by atoms with Crippen molar-refractivity contribution in [3.05, 3.63) is 47.9 Å². The van der Waals surface area contributed by atoms with E-state index in [1.165, 1.54) is 6.33 Å². The summed E-state index contributed by atoms with van der Waals surface area (Å²) in [5, 5.41) is 6.28. The fourth-order valence-corrected chi connectivity index (χ4v) is 1.74. The molecule has 0 aliphatic rings. The van der Waals surface area contributed by atoms with Crippen molar-refractivity contribution >= 4 is 5.82 Å². The molecule has 0 spiro atoms.